The first-order chi connectivity index (χ1) is 8.49. The normalized spacial score (nSPS) is 11.1. The lowest BCUT2D eigenvalue weighted by Gasteiger charge is -2.08. The van der Waals surface area contributed by atoms with Gasteiger partial charge in [0.05, 0.1) is 0 Å². The van der Waals surface area contributed by atoms with Gasteiger partial charge in [0, 0.05) is 29.6 Å². The lowest BCUT2D eigenvalue weighted by atomic mass is 10.1. The van der Waals surface area contributed by atoms with Crippen LogP contribution in [0.25, 0.3) is 10.9 Å². The van der Waals surface area contributed by atoms with E-state index in [1.165, 1.54) is 27.7 Å². The quantitative estimate of drug-likeness (QED) is 0.896. The fourth-order valence-electron chi connectivity index (χ4n) is 2.53. The zero-order valence-corrected chi connectivity index (χ0v) is 11.2. The van der Waals surface area contributed by atoms with Crippen molar-refractivity contribution in [1.82, 2.24) is 4.57 Å². The highest BCUT2D eigenvalue weighted by Crippen LogP contribution is 2.25. The van der Waals surface area contributed by atoms with Gasteiger partial charge in [-0.15, -0.1) is 0 Å². The highest BCUT2D eigenvalue weighted by molar-refractivity contribution is 5.85. The summed E-state index contributed by atoms with van der Waals surface area (Å²) in [5, 5.41) is 9.98. The minimum absolute atomic E-state index is 0.226. The van der Waals surface area contributed by atoms with Gasteiger partial charge in [0.15, 0.2) is 0 Å². The van der Waals surface area contributed by atoms with Crippen LogP contribution < -0.4 is 0 Å². The summed E-state index contributed by atoms with van der Waals surface area (Å²) in [6.07, 6.45) is 0.900. The largest absolute Gasteiger partial charge is 0.481 e. The van der Waals surface area contributed by atoms with Gasteiger partial charge >= 0.3 is 5.97 Å². The first kappa shape index (κ1) is 12.7. The second-order valence-electron chi connectivity index (χ2n) is 4.95. The third kappa shape index (κ3) is 2.40. The summed E-state index contributed by atoms with van der Waals surface area (Å²) in [4.78, 5) is 10.6. The SMILES string of the molecule is Cc1cc(C)c2cc(C)n(CCCC(=O)O)c2c1. The van der Waals surface area contributed by atoms with Crippen molar-refractivity contribution in [1.29, 1.82) is 0 Å². The zero-order valence-electron chi connectivity index (χ0n) is 11.2. The topological polar surface area (TPSA) is 42.2 Å². The van der Waals surface area contributed by atoms with E-state index in [1.54, 1.807) is 0 Å². The second-order valence-corrected chi connectivity index (χ2v) is 4.95. The Morgan fingerprint density at radius 3 is 2.61 bits per heavy atom. The Kier molecular flexibility index (Phi) is 3.41. The molecule has 0 aliphatic carbocycles. The van der Waals surface area contributed by atoms with Crippen molar-refractivity contribution >= 4 is 16.9 Å². The number of aromatic nitrogens is 1. The van der Waals surface area contributed by atoms with Crippen molar-refractivity contribution in [3.8, 4) is 0 Å². The van der Waals surface area contributed by atoms with Gasteiger partial charge in [-0.3, -0.25) is 4.79 Å². The summed E-state index contributed by atoms with van der Waals surface area (Å²) >= 11 is 0. The van der Waals surface area contributed by atoms with E-state index in [9.17, 15) is 4.79 Å². The lowest BCUT2D eigenvalue weighted by molar-refractivity contribution is -0.137. The molecule has 0 aliphatic heterocycles. The van der Waals surface area contributed by atoms with Gasteiger partial charge in [-0.1, -0.05) is 6.07 Å². The van der Waals surface area contributed by atoms with E-state index in [0.717, 1.165) is 6.54 Å². The molecule has 0 radical (unpaired) electrons. The Hall–Kier alpha value is -1.77. The molecule has 0 unspecified atom stereocenters. The summed E-state index contributed by atoms with van der Waals surface area (Å²) in [7, 11) is 0. The number of hydrogen-bond donors (Lipinski definition) is 1. The number of hydrogen-bond acceptors (Lipinski definition) is 1. The molecule has 1 aromatic heterocycles. The van der Waals surface area contributed by atoms with E-state index in [1.807, 2.05) is 0 Å². The molecule has 0 atom stereocenters. The fourth-order valence-corrected chi connectivity index (χ4v) is 2.53. The molecule has 2 rings (SSSR count). The number of carboxylic acids is 1. The summed E-state index contributed by atoms with van der Waals surface area (Å²) in [5.74, 6) is -0.725. The van der Waals surface area contributed by atoms with Gasteiger partial charge in [0.2, 0.25) is 0 Å². The van der Waals surface area contributed by atoms with E-state index >= 15 is 0 Å². The first-order valence-corrected chi connectivity index (χ1v) is 6.28. The minimum atomic E-state index is -0.725. The van der Waals surface area contributed by atoms with E-state index < -0.39 is 5.97 Å². The number of carbonyl (C=O) groups is 1. The van der Waals surface area contributed by atoms with Crippen molar-refractivity contribution in [2.75, 3.05) is 0 Å². The van der Waals surface area contributed by atoms with Crippen LogP contribution in [-0.4, -0.2) is 15.6 Å². The Morgan fingerprint density at radius 1 is 1.22 bits per heavy atom. The lowest BCUT2D eigenvalue weighted by Crippen LogP contribution is -2.03. The van der Waals surface area contributed by atoms with Gasteiger partial charge in [0.1, 0.15) is 0 Å². The molecule has 0 spiro atoms. The van der Waals surface area contributed by atoms with Crippen LogP contribution in [-0.2, 0) is 11.3 Å². The Labute approximate surface area is 107 Å². The summed E-state index contributed by atoms with van der Waals surface area (Å²) in [5.41, 5.74) is 4.95. The number of rotatable bonds is 4. The molecular weight excluding hydrogens is 226 g/mol. The van der Waals surface area contributed by atoms with E-state index in [2.05, 4.69) is 43.5 Å². The van der Waals surface area contributed by atoms with Crippen LogP contribution in [0.15, 0.2) is 18.2 Å². The van der Waals surface area contributed by atoms with Crippen molar-refractivity contribution in [2.24, 2.45) is 0 Å². The maximum absolute atomic E-state index is 10.6. The smallest absolute Gasteiger partial charge is 0.303 e. The predicted octanol–water partition coefficient (Wildman–Crippen LogP) is 3.43. The molecule has 18 heavy (non-hydrogen) atoms. The van der Waals surface area contributed by atoms with Crippen LogP contribution in [0.1, 0.15) is 29.7 Å². The molecule has 0 aliphatic rings. The van der Waals surface area contributed by atoms with Crippen LogP contribution in [0.2, 0.25) is 0 Å². The summed E-state index contributed by atoms with van der Waals surface area (Å²) < 4.78 is 2.22. The van der Waals surface area contributed by atoms with Gasteiger partial charge < -0.3 is 9.67 Å². The zero-order chi connectivity index (χ0) is 13.3. The average Bonchev–Trinajstić information content (AvgIpc) is 2.56. The molecule has 3 heteroatoms. The van der Waals surface area contributed by atoms with Crippen molar-refractivity contribution in [3.63, 3.8) is 0 Å². The van der Waals surface area contributed by atoms with Crippen LogP contribution in [0.4, 0.5) is 0 Å². The third-order valence-corrected chi connectivity index (χ3v) is 3.35. The van der Waals surface area contributed by atoms with Gasteiger partial charge in [0.25, 0.3) is 0 Å². The number of nitrogens with zero attached hydrogens (tertiary/aromatic N) is 1. The van der Waals surface area contributed by atoms with Crippen molar-refractivity contribution in [2.45, 2.75) is 40.2 Å². The van der Waals surface area contributed by atoms with Crippen molar-refractivity contribution in [3.05, 3.63) is 35.0 Å². The van der Waals surface area contributed by atoms with E-state index in [0.29, 0.717) is 6.42 Å². The summed E-state index contributed by atoms with van der Waals surface area (Å²) in [6.45, 7) is 7.06. The molecule has 3 nitrogen and oxygen atoms in total. The van der Waals surface area contributed by atoms with Crippen LogP contribution in [0.3, 0.4) is 0 Å². The van der Waals surface area contributed by atoms with Crippen LogP contribution in [0.5, 0.6) is 0 Å². The highest BCUT2D eigenvalue weighted by atomic mass is 16.4. The van der Waals surface area contributed by atoms with Gasteiger partial charge in [-0.2, -0.15) is 0 Å². The van der Waals surface area contributed by atoms with Gasteiger partial charge in [-0.05, 0) is 50.5 Å². The summed E-state index contributed by atoms with van der Waals surface area (Å²) in [6, 6.07) is 6.55. The Bertz CT molecular complexity index is 596. The average molecular weight is 245 g/mol. The Balaban J connectivity index is 2.37. The van der Waals surface area contributed by atoms with Crippen molar-refractivity contribution < 1.29 is 9.90 Å². The van der Waals surface area contributed by atoms with Crippen LogP contribution in [0, 0.1) is 20.8 Å². The number of aliphatic carboxylic acids is 1. The minimum Gasteiger partial charge on any atom is -0.481 e. The van der Waals surface area contributed by atoms with Crippen LogP contribution >= 0.6 is 0 Å². The molecule has 2 aromatic rings. The fraction of sp³-hybridized carbons (Fsp3) is 0.400. The number of aryl methyl sites for hydroxylation is 4. The predicted molar refractivity (Wildman–Crippen MR) is 73.0 cm³/mol. The second kappa shape index (κ2) is 4.84. The molecule has 1 aromatic carbocycles. The number of fused-ring (bicyclic) bond motifs is 1. The highest BCUT2D eigenvalue weighted by Gasteiger charge is 2.08. The molecule has 1 heterocycles. The number of carboxylic acid groups (broad SMARTS) is 1. The molecule has 0 amide bonds. The monoisotopic (exact) mass is 245 g/mol. The van der Waals surface area contributed by atoms with E-state index in [-0.39, 0.29) is 6.42 Å². The number of benzene rings is 1. The maximum Gasteiger partial charge on any atom is 0.303 e. The maximum atomic E-state index is 10.6. The molecule has 0 bridgehead atoms. The molecule has 0 saturated carbocycles. The van der Waals surface area contributed by atoms with E-state index in [4.69, 9.17) is 5.11 Å². The first-order valence-electron chi connectivity index (χ1n) is 6.28. The standard InChI is InChI=1S/C15H19NO2/c1-10-7-11(2)13-9-12(3)16(14(13)8-10)6-4-5-15(17)18/h7-9H,4-6H2,1-3H3,(H,17,18). The third-order valence-electron chi connectivity index (χ3n) is 3.35. The van der Waals surface area contributed by atoms with Gasteiger partial charge in [-0.25, -0.2) is 0 Å². The molecule has 0 fully saturated rings. The molecule has 0 saturated heterocycles. The molecule has 96 valence electrons. The molecular formula is C15H19NO2. The molecule has 1 N–H and O–H groups in total. The Morgan fingerprint density at radius 2 is 1.94 bits per heavy atom.